The molecular formula is C19H13N5O3S. The van der Waals surface area contributed by atoms with E-state index < -0.39 is 0 Å². The van der Waals surface area contributed by atoms with Crippen LogP contribution in [-0.2, 0) is 0 Å². The summed E-state index contributed by atoms with van der Waals surface area (Å²) in [6, 6.07) is 12.7. The molecule has 9 heteroatoms. The van der Waals surface area contributed by atoms with Crippen molar-refractivity contribution in [2.24, 2.45) is 0 Å². The zero-order valence-corrected chi connectivity index (χ0v) is 15.7. The van der Waals surface area contributed by atoms with Crippen LogP contribution in [0.2, 0.25) is 0 Å². The standard InChI is InChI=1S/C19H13N5O3S/c1-10-13(7-5-8-14(10)24(25)26)18-22-23-17(20-21-19(23)28-18)16-11(2)12-6-3-4-9-15(12)27-16/h3-9H,1-2H3. The van der Waals surface area contributed by atoms with Gasteiger partial charge in [-0.1, -0.05) is 41.7 Å². The summed E-state index contributed by atoms with van der Waals surface area (Å²) < 4.78 is 7.62. The van der Waals surface area contributed by atoms with Crippen molar-refractivity contribution in [3.8, 4) is 22.2 Å². The van der Waals surface area contributed by atoms with Crippen LogP contribution < -0.4 is 0 Å². The van der Waals surface area contributed by atoms with Crippen LogP contribution in [0, 0.1) is 24.0 Å². The Labute approximate surface area is 162 Å². The first-order valence-corrected chi connectivity index (χ1v) is 9.31. The third kappa shape index (κ3) is 2.33. The third-order valence-electron chi connectivity index (χ3n) is 4.77. The van der Waals surface area contributed by atoms with Gasteiger partial charge in [0.15, 0.2) is 5.76 Å². The number of aromatic nitrogens is 4. The maximum Gasteiger partial charge on any atom is 0.273 e. The number of aryl methyl sites for hydroxylation is 1. The van der Waals surface area contributed by atoms with Crippen molar-refractivity contribution < 1.29 is 9.34 Å². The molecule has 0 aliphatic carbocycles. The molecule has 0 spiro atoms. The second-order valence-electron chi connectivity index (χ2n) is 6.38. The molecule has 8 nitrogen and oxygen atoms in total. The van der Waals surface area contributed by atoms with E-state index in [1.54, 1.807) is 17.5 Å². The highest BCUT2D eigenvalue weighted by molar-refractivity contribution is 7.19. The van der Waals surface area contributed by atoms with Crippen LogP contribution in [0.3, 0.4) is 0 Å². The quantitative estimate of drug-likeness (QED) is 0.324. The average molecular weight is 391 g/mol. The fourth-order valence-electron chi connectivity index (χ4n) is 3.31. The number of para-hydroxylation sites is 1. The Kier molecular flexibility index (Phi) is 3.53. The van der Waals surface area contributed by atoms with E-state index in [2.05, 4.69) is 15.3 Å². The Morgan fingerprint density at radius 1 is 1.07 bits per heavy atom. The molecule has 0 unspecified atom stereocenters. The molecule has 2 aromatic carbocycles. The maximum atomic E-state index is 11.2. The molecule has 0 saturated heterocycles. The predicted octanol–water partition coefficient (Wildman–Crippen LogP) is 4.79. The van der Waals surface area contributed by atoms with Crippen LogP contribution in [0.15, 0.2) is 46.9 Å². The first kappa shape index (κ1) is 16.6. The summed E-state index contributed by atoms with van der Waals surface area (Å²) >= 11 is 1.33. The molecule has 3 aromatic heterocycles. The van der Waals surface area contributed by atoms with E-state index in [0.29, 0.717) is 32.7 Å². The van der Waals surface area contributed by atoms with Gasteiger partial charge in [-0.25, -0.2) is 0 Å². The Balaban J connectivity index is 1.69. The number of hydrogen-bond acceptors (Lipinski definition) is 7. The third-order valence-corrected chi connectivity index (χ3v) is 5.70. The molecular weight excluding hydrogens is 378 g/mol. The van der Waals surface area contributed by atoms with Crippen LogP contribution >= 0.6 is 11.3 Å². The van der Waals surface area contributed by atoms with Gasteiger partial charge < -0.3 is 4.42 Å². The minimum absolute atomic E-state index is 0.0665. The summed E-state index contributed by atoms with van der Waals surface area (Å²) in [7, 11) is 0. The second kappa shape index (κ2) is 5.96. The minimum Gasteiger partial charge on any atom is -0.452 e. The van der Waals surface area contributed by atoms with Gasteiger partial charge in [-0.05, 0) is 19.9 Å². The van der Waals surface area contributed by atoms with E-state index in [1.165, 1.54) is 17.4 Å². The van der Waals surface area contributed by atoms with E-state index in [4.69, 9.17) is 4.42 Å². The van der Waals surface area contributed by atoms with Crippen molar-refractivity contribution in [1.82, 2.24) is 19.8 Å². The zero-order chi connectivity index (χ0) is 19.4. The minimum atomic E-state index is -0.387. The van der Waals surface area contributed by atoms with Crippen molar-refractivity contribution in [1.29, 1.82) is 0 Å². The number of hydrogen-bond donors (Lipinski definition) is 0. The number of fused-ring (bicyclic) bond motifs is 2. The van der Waals surface area contributed by atoms with Gasteiger partial charge in [0.05, 0.1) is 4.92 Å². The summed E-state index contributed by atoms with van der Waals surface area (Å²) in [6.07, 6.45) is 0. The molecule has 0 atom stereocenters. The van der Waals surface area contributed by atoms with Gasteiger partial charge in [-0.2, -0.15) is 9.61 Å². The fourth-order valence-corrected chi connectivity index (χ4v) is 4.23. The molecule has 0 bridgehead atoms. The lowest BCUT2D eigenvalue weighted by molar-refractivity contribution is -0.385. The number of nitro groups is 1. The molecule has 0 radical (unpaired) electrons. The van der Waals surface area contributed by atoms with E-state index in [9.17, 15) is 10.1 Å². The number of nitrogens with zero attached hydrogens (tertiary/aromatic N) is 5. The highest BCUT2D eigenvalue weighted by Gasteiger charge is 2.22. The first-order chi connectivity index (χ1) is 13.5. The number of rotatable bonds is 3. The van der Waals surface area contributed by atoms with Gasteiger partial charge in [0.2, 0.25) is 10.8 Å². The van der Waals surface area contributed by atoms with Gasteiger partial charge in [0.1, 0.15) is 10.6 Å². The Morgan fingerprint density at radius 2 is 1.89 bits per heavy atom. The Bertz CT molecular complexity index is 1380. The van der Waals surface area contributed by atoms with Crippen LogP contribution in [0.4, 0.5) is 5.69 Å². The van der Waals surface area contributed by atoms with E-state index in [1.807, 2.05) is 37.3 Å². The first-order valence-electron chi connectivity index (χ1n) is 8.49. The predicted molar refractivity (Wildman–Crippen MR) is 105 cm³/mol. The lowest BCUT2D eigenvalue weighted by Crippen LogP contribution is -1.95. The van der Waals surface area contributed by atoms with E-state index in [0.717, 1.165) is 16.5 Å². The second-order valence-corrected chi connectivity index (χ2v) is 7.34. The highest BCUT2D eigenvalue weighted by atomic mass is 32.1. The van der Waals surface area contributed by atoms with Gasteiger partial charge in [0.25, 0.3) is 5.69 Å². The van der Waals surface area contributed by atoms with Gasteiger partial charge in [-0.3, -0.25) is 10.1 Å². The van der Waals surface area contributed by atoms with Gasteiger partial charge in [0, 0.05) is 28.1 Å². The molecule has 3 heterocycles. The topological polar surface area (TPSA) is 99.4 Å². The molecule has 5 aromatic rings. The van der Waals surface area contributed by atoms with Crippen molar-refractivity contribution in [3.63, 3.8) is 0 Å². The van der Waals surface area contributed by atoms with E-state index in [-0.39, 0.29) is 10.6 Å². The van der Waals surface area contributed by atoms with Crippen molar-refractivity contribution >= 4 is 33.0 Å². The lowest BCUT2D eigenvalue weighted by Gasteiger charge is -2.02. The van der Waals surface area contributed by atoms with E-state index >= 15 is 0 Å². The van der Waals surface area contributed by atoms with Gasteiger partial charge in [-0.15, -0.1) is 10.2 Å². The van der Waals surface area contributed by atoms with Crippen LogP contribution in [0.25, 0.3) is 38.1 Å². The summed E-state index contributed by atoms with van der Waals surface area (Å²) in [5.41, 5.74) is 3.08. The summed E-state index contributed by atoms with van der Waals surface area (Å²) in [6.45, 7) is 3.69. The molecule has 28 heavy (non-hydrogen) atoms. The van der Waals surface area contributed by atoms with Crippen molar-refractivity contribution in [2.75, 3.05) is 0 Å². The monoisotopic (exact) mass is 391 g/mol. The number of furan rings is 1. The largest absolute Gasteiger partial charge is 0.452 e. The summed E-state index contributed by atoms with van der Waals surface area (Å²) in [5.74, 6) is 1.12. The smallest absolute Gasteiger partial charge is 0.273 e. The molecule has 0 saturated carbocycles. The highest BCUT2D eigenvalue weighted by Crippen LogP contribution is 2.36. The van der Waals surface area contributed by atoms with Crippen molar-refractivity contribution in [2.45, 2.75) is 13.8 Å². The number of nitro benzene ring substituents is 1. The van der Waals surface area contributed by atoms with Crippen molar-refractivity contribution in [3.05, 3.63) is 63.7 Å². The molecule has 0 aliphatic rings. The number of benzene rings is 2. The van der Waals surface area contributed by atoms with Crippen LogP contribution in [-0.4, -0.2) is 24.7 Å². The average Bonchev–Trinajstić information content (AvgIpc) is 3.35. The fraction of sp³-hybridized carbons (Fsp3) is 0.105. The van der Waals surface area contributed by atoms with Gasteiger partial charge >= 0.3 is 0 Å². The maximum absolute atomic E-state index is 11.2. The molecule has 0 N–H and O–H groups in total. The molecule has 0 fully saturated rings. The summed E-state index contributed by atoms with van der Waals surface area (Å²) in [4.78, 5) is 11.4. The summed E-state index contributed by atoms with van der Waals surface area (Å²) in [5, 5.41) is 26.0. The van der Waals surface area contributed by atoms with Crippen LogP contribution in [0.1, 0.15) is 11.1 Å². The molecule has 5 rings (SSSR count). The molecule has 0 aliphatic heterocycles. The molecule has 0 amide bonds. The lowest BCUT2D eigenvalue weighted by atomic mass is 10.1. The van der Waals surface area contributed by atoms with Crippen LogP contribution in [0.5, 0.6) is 0 Å². The Hall–Kier alpha value is -3.59. The Morgan fingerprint density at radius 3 is 2.68 bits per heavy atom. The zero-order valence-electron chi connectivity index (χ0n) is 14.9. The molecule has 138 valence electrons. The SMILES string of the molecule is Cc1c(-c2nn3c(-c4oc5ccccc5c4C)nnc3s2)cccc1[N+](=O)[O-]. The normalized spacial score (nSPS) is 11.5.